The van der Waals surface area contributed by atoms with Gasteiger partial charge in [0.25, 0.3) is 0 Å². The van der Waals surface area contributed by atoms with Crippen molar-refractivity contribution in [3.8, 4) is 6.01 Å². The highest BCUT2D eigenvalue weighted by Gasteiger charge is 2.13. The molecule has 0 bridgehead atoms. The van der Waals surface area contributed by atoms with Gasteiger partial charge in [0.1, 0.15) is 6.04 Å². The van der Waals surface area contributed by atoms with E-state index in [2.05, 4.69) is 25.6 Å². The molecule has 0 aliphatic carbocycles. The summed E-state index contributed by atoms with van der Waals surface area (Å²) in [5.41, 5.74) is 5.44. The van der Waals surface area contributed by atoms with Crippen LogP contribution >= 0.6 is 0 Å². The number of nitrogens with zero attached hydrogens (tertiary/aromatic N) is 3. The van der Waals surface area contributed by atoms with E-state index in [9.17, 15) is 4.79 Å². The van der Waals surface area contributed by atoms with Crippen LogP contribution in [-0.2, 0) is 4.79 Å². The normalized spacial score (nSPS) is 11.7. The summed E-state index contributed by atoms with van der Waals surface area (Å²) in [6, 6.07) is -0.379. The van der Waals surface area contributed by atoms with E-state index in [1.54, 1.807) is 14.0 Å². The fourth-order valence-electron chi connectivity index (χ4n) is 1.00. The van der Waals surface area contributed by atoms with E-state index in [4.69, 9.17) is 10.5 Å². The first-order chi connectivity index (χ1) is 7.56. The first-order valence-corrected chi connectivity index (χ1v) is 4.60. The van der Waals surface area contributed by atoms with Crippen LogP contribution < -0.4 is 21.1 Å². The predicted octanol–water partition coefficient (Wildman–Crippen LogP) is -0.991. The SMILES string of the molecule is CNC(=O)C(C)Nc1nc(N)nc(OC)n1. The summed E-state index contributed by atoms with van der Waals surface area (Å²) in [6.45, 7) is 1.67. The number of nitrogen functional groups attached to an aromatic ring is 1. The maximum absolute atomic E-state index is 11.2. The van der Waals surface area contributed by atoms with Gasteiger partial charge in [0.2, 0.25) is 17.8 Å². The van der Waals surface area contributed by atoms with Crippen LogP contribution in [0.1, 0.15) is 6.92 Å². The molecule has 0 spiro atoms. The molecule has 1 unspecified atom stereocenters. The van der Waals surface area contributed by atoms with E-state index in [0.29, 0.717) is 0 Å². The molecule has 0 saturated heterocycles. The fourth-order valence-corrected chi connectivity index (χ4v) is 1.00. The summed E-state index contributed by atoms with van der Waals surface area (Å²) < 4.78 is 4.82. The second kappa shape index (κ2) is 5.10. The van der Waals surface area contributed by atoms with Crippen molar-refractivity contribution in [3.05, 3.63) is 0 Å². The van der Waals surface area contributed by atoms with Crippen LogP contribution in [0.5, 0.6) is 6.01 Å². The van der Waals surface area contributed by atoms with Crippen molar-refractivity contribution in [3.63, 3.8) is 0 Å². The zero-order chi connectivity index (χ0) is 12.1. The van der Waals surface area contributed by atoms with Crippen molar-refractivity contribution in [2.24, 2.45) is 0 Å². The minimum atomic E-state index is -0.475. The minimum absolute atomic E-state index is 0.0263. The lowest BCUT2D eigenvalue weighted by molar-refractivity contribution is -0.121. The Morgan fingerprint density at radius 2 is 2.12 bits per heavy atom. The zero-order valence-corrected chi connectivity index (χ0v) is 9.31. The lowest BCUT2D eigenvalue weighted by Gasteiger charge is -2.12. The number of nitrogens with one attached hydrogen (secondary N) is 2. The molecule has 1 atom stereocenters. The average molecular weight is 226 g/mol. The molecule has 8 heteroatoms. The Bertz CT molecular complexity index is 383. The lowest BCUT2D eigenvalue weighted by atomic mass is 10.3. The van der Waals surface area contributed by atoms with E-state index in [0.717, 1.165) is 0 Å². The van der Waals surface area contributed by atoms with Gasteiger partial charge in [-0.3, -0.25) is 4.79 Å². The van der Waals surface area contributed by atoms with Gasteiger partial charge in [-0.1, -0.05) is 0 Å². The lowest BCUT2D eigenvalue weighted by Crippen LogP contribution is -2.35. The van der Waals surface area contributed by atoms with Crippen LogP contribution in [0.4, 0.5) is 11.9 Å². The van der Waals surface area contributed by atoms with Gasteiger partial charge < -0.3 is 21.1 Å². The number of aromatic nitrogens is 3. The Hall–Kier alpha value is -2.12. The Balaban J connectivity index is 2.80. The number of hydrogen-bond acceptors (Lipinski definition) is 7. The van der Waals surface area contributed by atoms with Crippen molar-refractivity contribution >= 4 is 17.8 Å². The molecule has 4 N–H and O–H groups in total. The molecule has 1 aromatic heterocycles. The molecule has 16 heavy (non-hydrogen) atoms. The largest absolute Gasteiger partial charge is 0.467 e. The maximum Gasteiger partial charge on any atom is 0.322 e. The third-order valence-corrected chi connectivity index (χ3v) is 1.80. The molecular weight excluding hydrogens is 212 g/mol. The molecule has 88 valence electrons. The first-order valence-electron chi connectivity index (χ1n) is 4.60. The third kappa shape index (κ3) is 2.94. The number of methoxy groups -OCH3 is 1. The highest BCUT2D eigenvalue weighted by atomic mass is 16.5. The van der Waals surface area contributed by atoms with E-state index < -0.39 is 6.04 Å². The number of nitrogens with two attached hydrogens (primary N) is 1. The molecule has 1 heterocycles. The molecule has 0 saturated carbocycles. The molecular formula is C8H14N6O2. The van der Waals surface area contributed by atoms with Crippen molar-refractivity contribution in [1.82, 2.24) is 20.3 Å². The van der Waals surface area contributed by atoms with E-state index in [-0.39, 0.29) is 23.8 Å². The second-order valence-electron chi connectivity index (χ2n) is 2.98. The van der Waals surface area contributed by atoms with Crippen LogP contribution in [0.25, 0.3) is 0 Å². The van der Waals surface area contributed by atoms with E-state index in [1.807, 2.05) is 0 Å². The third-order valence-electron chi connectivity index (χ3n) is 1.80. The smallest absolute Gasteiger partial charge is 0.322 e. The Morgan fingerprint density at radius 3 is 2.69 bits per heavy atom. The molecule has 0 aliphatic heterocycles. The van der Waals surface area contributed by atoms with Gasteiger partial charge >= 0.3 is 6.01 Å². The van der Waals surface area contributed by atoms with Gasteiger partial charge in [-0.15, -0.1) is 0 Å². The Kier molecular flexibility index (Phi) is 3.81. The number of carbonyl (C=O) groups is 1. The molecule has 1 aromatic rings. The van der Waals surface area contributed by atoms with Gasteiger partial charge in [0, 0.05) is 7.05 Å². The van der Waals surface area contributed by atoms with Crippen LogP contribution in [-0.4, -0.2) is 41.1 Å². The number of amides is 1. The summed E-state index contributed by atoms with van der Waals surface area (Å²) in [7, 11) is 2.96. The van der Waals surface area contributed by atoms with Crippen molar-refractivity contribution < 1.29 is 9.53 Å². The second-order valence-corrected chi connectivity index (χ2v) is 2.98. The summed E-state index contributed by atoms with van der Waals surface area (Å²) >= 11 is 0. The monoisotopic (exact) mass is 226 g/mol. The molecule has 0 radical (unpaired) electrons. The van der Waals surface area contributed by atoms with Crippen LogP contribution in [0.3, 0.4) is 0 Å². The van der Waals surface area contributed by atoms with Crippen LogP contribution in [0.15, 0.2) is 0 Å². The van der Waals surface area contributed by atoms with Crippen LogP contribution in [0.2, 0.25) is 0 Å². The number of likely N-dealkylation sites (N-methyl/N-ethyl adjacent to an activating group) is 1. The molecule has 8 nitrogen and oxygen atoms in total. The van der Waals surface area contributed by atoms with Gasteiger partial charge in [-0.25, -0.2) is 0 Å². The fraction of sp³-hybridized carbons (Fsp3) is 0.500. The Morgan fingerprint density at radius 1 is 1.44 bits per heavy atom. The predicted molar refractivity (Wildman–Crippen MR) is 57.9 cm³/mol. The quantitative estimate of drug-likeness (QED) is 0.603. The average Bonchev–Trinajstić information content (AvgIpc) is 2.26. The van der Waals surface area contributed by atoms with Gasteiger partial charge in [0.05, 0.1) is 7.11 Å². The molecule has 1 rings (SSSR count). The molecule has 0 fully saturated rings. The molecule has 0 aromatic carbocycles. The zero-order valence-electron chi connectivity index (χ0n) is 9.31. The van der Waals surface area contributed by atoms with Crippen LogP contribution in [0, 0.1) is 0 Å². The van der Waals surface area contributed by atoms with Crippen molar-refractivity contribution in [1.29, 1.82) is 0 Å². The first kappa shape index (κ1) is 12.0. The van der Waals surface area contributed by atoms with E-state index in [1.165, 1.54) is 7.11 Å². The molecule has 1 amide bonds. The van der Waals surface area contributed by atoms with Crippen molar-refractivity contribution in [2.75, 3.05) is 25.2 Å². The number of ether oxygens (including phenoxy) is 1. The summed E-state index contributed by atoms with van der Waals surface area (Å²) in [4.78, 5) is 22.7. The number of carbonyl (C=O) groups excluding carboxylic acids is 1. The van der Waals surface area contributed by atoms with E-state index >= 15 is 0 Å². The number of anilines is 2. The van der Waals surface area contributed by atoms with Gasteiger partial charge in [-0.2, -0.15) is 15.0 Å². The van der Waals surface area contributed by atoms with Gasteiger partial charge in [0.15, 0.2) is 0 Å². The highest BCUT2D eigenvalue weighted by molar-refractivity contribution is 5.83. The standard InChI is InChI=1S/C8H14N6O2/c1-4(5(15)10-2)11-7-12-6(9)13-8(14-7)16-3/h4H,1-3H3,(H,10,15)(H3,9,11,12,13,14). The highest BCUT2D eigenvalue weighted by Crippen LogP contribution is 2.08. The van der Waals surface area contributed by atoms with Gasteiger partial charge in [-0.05, 0) is 6.92 Å². The number of rotatable bonds is 4. The number of hydrogen-bond donors (Lipinski definition) is 3. The summed E-state index contributed by atoms with van der Waals surface area (Å²) in [6.07, 6.45) is 0. The topological polar surface area (TPSA) is 115 Å². The summed E-state index contributed by atoms with van der Waals surface area (Å²) in [5, 5.41) is 5.27. The maximum atomic E-state index is 11.2. The van der Waals surface area contributed by atoms with Crippen molar-refractivity contribution in [2.45, 2.75) is 13.0 Å². The molecule has 0 aliphatic rings. The summed E-state index contributed by atoms with van der Waals surface area (Å²) in [5.74, 6) is 0.0388. The minimum Gasteiger partial charge on any atom is -0.467 e. The Labute approximate surface area is 92.6 Å².